The summed E-state index contributed by atoms with van der Waals surface area (Å²) in [6, 6.07) is 1.97. The third-order valence-electron chi connectivity index (χ3n) is 1.44. The molecule has 0 radical (unpaired) electrons. The van der Waals surface area contributed by atoms with Gasteiger partial charge in [-0.05, 0) is 0 Å². The Hall–Kier alpha value is -0.670. The summed E-state index contributed by atoms with van der Waals surface area (Å²) < 4.78 is 3.85. The van der Waals surface area contributed by atoms with E-state index in [1.807, 2.05) is 34.6 Å². The van der Waals surface area contributed by atoms with Crippen molar-refractivity contribution in [2.75, 3.05) is 0 Å². The van der Waals surface area contributed by atoms with Gasteiger partial charge < -0.3 is 4.57 Å². The summed E-state index contributed by atoms with van der Waals surface area (Å²) in [5.41, 5.74) is 1.12. The van der Waals surface area contributed by atoms with E-state index in [4.69, 9.17) is 0 Å². The fourth-order valence-electron chi connectivity index (χ4n) is 0.941. The average molecular weight is 194 g/mol. The van der Waals surface area contributed by atoms with Crippen LogP contribution in [0, 0.1) is 0 Å². The first-order valence-corrected chi connectivity index (χ1v) is 2.82. The minimum absolute atomic E-state index is 0. The molecule has 11 heavy (non-hydrogen) atoms. The highest BCUT2D eigenvalue weighted by atomic mass is 35.5. The second kappa shape index (κ2) is 3.64. The smallest absolute Gasteiger partial charge is 0.135 e. The molecule has 2 aromatic heterocycles. The number of aromatic nitrogens is 3. The SMILES string of the molecule is Cl.Cl.Cn1ccn2nccc12. The molecule has 0 spiro atoms. The second-order valence-electron chi connectivity index (χ2n) is 2.04. The van der Waals surface area contributed by atoms with Gasteiger partial charge in [-0.2, -0.15) is 5.10 Å². The molecular formula is C6H9Cl2N3. The Morgan fingerprint density at radius 3 is 2.64 bits per heavy atom. The van der Waals surface area contributed by atoms with Crippen LogP contribution in [-0.4, -0.2) is 14.2 Å². The summed E-state index contributed by atoms with van der Waals surface area (Å²) in [6.07, 6.45) is 5.69. The maximum atomic E-state index is 4.04. The molecule has 0 saturated carbocycles. The Morgan fingerprint density at radius 1 is 1.27 bits per heavy atom. The van der Waals surface area contributed by atoms with Gasteiger partial charge in [-0.25, -0.2) is 4.52 Å². The summed E-state index contributed by atoms with van der Waals surface area (Å²) in [7, 11) is 2.00. The van der Waals surface area contributed by atoms with Crippen molar-refractivity contribution in [3.63, 3.8) is 0 Å². The van der Waals surface area contributed by atoms with Crippen molar-refractivity contribution < 1.29 is 0 Å². The van der Waals surface area contributed by atoms with Gasteiger partial charge in [-0.3, -0.25) is 0 Å². The molecule has 0 aliphatic carbocycles. The molecule has 0 fully saturated rings. The van der Waals surface area contributed by atoms with E-state index < -0.39 is 0 Å². The van der Waals surface area contributed by atoms with Crippen LogP contribution in [0.4, 0.5) is 0 Å². The first kappa shape index (κ1) is 10.3. The van der Waals surface area contributed by atoms with Crippen LogP contribution in [0.15, 0.2) is 24.7 Å². The lowest BCUT2D eigenvalue weighted by Crippen LogP contribution is -1.83. The van der Waals surface area contributed by atoms with Crippen LogP contribution in [0.1, 0.15) is 0 Å². The molecule has 5 heteroatoms. The number of hydrogen-bond acceptors (Lipinski definition) is 1. The third kappa shape index (κ3) is 1.49. The molecule has 0 bridgehead atoms. The summed E-state index contributed by atoms with van der Waals surface area (Å²) in [5, 5.41) is 4.04. The second-order valence-corrected chi connectivity index (χ2v) is 2.04. The molecule has 0 unspecified atom stereocenters. The molecule has 2 rings (SSSR count). The van der Waals surface area contributed by atoms with Gasteiger partial charge in [-0.15, -0.1) is 24.8 Å². The van der Waals surface area contributed by atoms with Gasteiger partial charge in [-0.1, -0.05) is 0 Å². The van der Waals surface area contributed by atoms with Crippen molar-refractivity contribution in [2.24, 2.45) is 7.05 Å². The number of nitrogens with zero attached hydrogens (tertiary/aromatic N) is 3. The van der Waals surface area contributed by atoms with Crippen molar-refractivity contribution in [3.05, 3.63) is 24.7 Å². The summed E-state index contributed by atoms with van der Waals surface area (Å²) in [6.45, 7) is 0. The molecule has 0 aliphatic rings. The van der Waals surface area contributed by atoms with Gasteiger partial charge in [0.15, 0.2) is 0 Å². The van der Waals surface area contributed by atoms with Gasteiger partial charge in [0.25, 0.3) is 0 Å². The lowest BCUT2D eigenvalue weighted by atomic mass is 10.7. The number of fused-ring (bicyclic) bond motifs is 1. The van der Waals surface area contributed by atoms with Crippen LogP contribution < -0.4 is 0 Å². The van der Waals surface area contributed by atoms with E-state index in [9.17, 15) is 0 Å². The predicted molar refractivity (Wildman–Crippen MR) is 48.7 cm³/mol. The van der Waals surface area contributed by atoms with Crippen LogP contribution in [0.3, 0.4) is 0 Å². The Morgan fingerprint density at radius 2 is 2.00 bits per heavy atom. The van der Waals surface area contributed by atoms with Crippen LogP contribution in [-0.2, 0) is 7.05 Å². The monoisotopic (exact) mass is 193 g/mol. The van der Waals surface area contributed by atoms with E-state index in [1.165, 1.54) is 0 Å². The van der Waals surface area contributed by atoms with E-state index in [-0.39, 0.29) is 24.8 Å². The summed E-state index contributed by atoms with van der Waals surface area (Å²) in [5.74, 6) is 0. The molecule has 0 atom stereocenters. The molecule has 62 valence electrons. The zero-order valence-corrected chi connectivity index (χ0v) is 7.60. The van der Waals surface area contributed by atoms with Crippen LogP contribution in [0.5, 0.6) is 0 Å². The van der Waals surface area contributed by atoms with Crippen LogP contribution in [0.2, 0.25) is 0 Å². The first-order chi connectivity index (χ1) is 4.38. The Balaban J connectivity index is 0.000000500. The third-order valence-corrected chi connectivity index (χ3v) is 1.44. The van der Waals surface area contributed by atoms with Crippen molar-refractivity contribution in [3.8, 4) is 0 Å². The van der Waals surface area contributed by atoms with Crippen molar-refractivity contribution in [1.82, 2.24) is 14.2 Å². The maximum absolute atomic E-state index is 4.04. The Kier molecular flexibility index (Phi) is 3.42. The molecule has 0 N–H and O–H groups in total. The average Bonchev–Trinajstić information content (AvgIpc) is 2.35. The summed E-state index contributed by atoms with van der Waals surface area (Å²) >= 11 is 0. The van der Waals surface area contributed by atoms with E-state index in [0.717, 1.165) is 5.65 Å². The molecule has 0 amide bonds. The predicted octanol–water partition coefficient (Wildman–Crippen LogP) is 1.52. The first-order valence-electron chi connectivity index (χ1n) is 2.82. The highest BCUT2D eigenvalue weighted by molar-refractivity contribution is 5.85. The molecule has 2 aromatic rings. The molecule has 2 heterocycles. The molecule has 3 nitrogen and oxygen atoms in total. The largest absolute Gasteiger partial charge is 0.334 e. The minimum Gasteiger partial charge on any atom is -0.334 e. The highest BCUT2D eigenvalue weighted by Crippen LogP contribution is 1.99. The standard InChI is InChI=1S/C6H7N3.2ClH/c1-8-4-5-9-6(8)2-3-7-9;;/h2-5H,1H3;2*1H. The van der Waals surface area contributed by atoms with E-state index in [2.05, 4.69) is 5.10 Å². The number of halogens is 2. The van der Waals surface area contributed by atoms with E-state index >= 15 is 0 Å². The number of hydrogen-bond donors (Lipinski definition) is 0. The minimum atomic E-state index is 0. The number of imidazole rings is 1. The lowest BCUT2D eigenvalue weighted by Gasteiger charge is -1.85. The number of rotatable bonds is 0. The van der Waals surface area contributed by atoms with Gasteiger partial charge in [0.2, 0.25) is 0 Å². The van der Waals surface area contributed by atoms with E-state index in [1.54, 1.807) is 6.20 Å². The van der Waals surface area contributed by atoms with Gasteiger partial charge in [0.05, 0.1) is 6.20 Å². The molecule has 0 aliphatic heterocycles. The summed E-state index contributed by atoms with van der Waals surface area (Å²) in [4.78, 5) is 0. The van der Waals surface area contributed by atoms with E-state index in [0.29, 0.717) is 0 Å². The maximum Gasteiger partial charge on any atom is 0.135 e. The van der Waals surface area contributed by atoms with Gasteiger partial charge >= 0.3 is 0 Å². The quantitative estimate of drug-likeness (QED) is 0.623. The van der Waals surface area contributed by atoms with Crippen LogP contribution in [0.25, 0.3) is 5.65 Å². The van der Waals surface area contributed by atoms with Crippen molar-refractivity contribution in [1.29, 1.82) is 0 Å². The van der Waals surface area contributed by atoms with Crippen LogP contribution >= 0.6 is 24.8 Å². The topological polar surface area (TPSA) is 22.2 Å². The Bertz CT molecular complexity index is 325. The zero-order valence-electron chi connectivity index (χ0n) is 5.97. The number of aryl methyl sites for hydroxylation is 1. The van der Waals surface area contributed by atoms with Gasteiger partial charge in [0.1, 0.15) is 5.65 Å². The molecular weight excluding hydrogens is 185 g/mol. The fourth-order valence-corrected chi connectivity index (χ4v) is 0.941. The Labute approximate surface area is 76.8 Å². The van der Waals surface area contributed by atoms with Gasteiger partial charge in [0, 0.05) is 25.5 Å². The zero-order chi connectivity index (χ0) is 6.27. The van der Waals surface area contributed by atoms with Crippen molar-refractivity contribution in [2.45, 2.75) is 0 Å². The highest BCUT2D eigenvalue weighted by Gasteiger charge is 1.93. The fraction of sp³-hybridized carbons (Fsp3) is 0.167. The lowest BCUT2D eigenvalue weighted by molar-refractivity contribution is 0.928. The normalized spacial score (nSPS) is 8.82. The molecule has 0 saturated heterocycles. The van der Waals surface area contributed by atoms with Crippen molar-refractivity contribution >= 4 is 30.5 Å². The molecule has 0 aromatic carbocycles.